The molecular formula is C45H42Cl3F4N9O10S5. The number of aryl methyl sites for hydroxylation is 1. The summed E-state index contributed by atoms with van der Waals surface area (Å²) < 4.78 is 139. The van der Waals surface area contributed by atoms with Crippen molar-refractivity contribution in [1.29, 1.82) is 0 Å². The highest BCUT2D eigenvalue weighted by molar-refractivity contribution is 8.13. The van der Waals surface area contributed by atoms with Gasteiger partial charge in [-0.25, -0.2) is 53.7 Å². The Morgan fingerprint density at radius 1 is 0.632 bits per heavy atom. The lowest BCUT2D eigenvalue weighted by Crippen LogP contribution is -2.31. The number of carbonyl (C=O) groups is 1. The second-order valence-corrected chi connectivity index (χ2v) is 21.7. The number of ether oxygens (including phenoxy) is 5. The molecule has 8 rings (SSSR count). The fourth-order valence-corrected chi connectivity index (χ4v) is 9.99. The van der Waals surface area contributed by atoms with Gasteiger partial charge < -0.3 is 34.7 Å². The molecule has 5 aromatic carbocycles. The van der Waals surface area contributed by atoms with Crippen LogP contribution in [0, 0.1) is 30.2 Å². The summed E-state index contributed by atoms with van der Waals surface area (Å²) in [5.41, 5.74) is 8.31. The highest BCUT2D eigenvalue weighted by Crippen LogP contribution is 2.34. The SMILES string of the molecule is COc1cc(C)ccc1C=O.COc1ccc(CN(c2ncns2)S(=O)(=O)c2cc(Cl)c(F)cc2F)c(OC)c1.COc1ccc(CNc2ncns2)c(OC)c1.Nc1ncns1.O=S(=O)(Cl)c1cc(Cl)c(F)cc1F. The van der Waals surface area contributed by atoms with Crippen molar-refractivity contribution in [2.24, 2.45) is 0 Å². The molecule has 0 radical (unpaired) electrons. The molecule has 0 saturated heterocycles. The third kappa shape index (κ3) is 18.0. The quantitative estimate of drug-likeness (QED) is 0.0419. The van der Waals surface area contributed by atoms with Crippen LogP contribution < -0.4 is 39.0 Å². The molecule has 3 heterocycles. The second kappa shape index (κ2) is 29.6. The van der Waals surface area contributed by atoms with Gasteiger partial charge >= 0.3 is 0 Å². The molecule has 0 aliphatic carbocycles. The predicted molar refractivity (Wildman–Crippen MR) is 283 cm³/mol. The molecule has 76 heavy (non-hydrogen) atoms. The van der Waals surface area contributed by atoms with Crippen molar-refractivity contribution in [3.05, 3.63) is 153 Å². The van der Waals surface area contributed by atoms with Gasteiger partial charge in [0.15, 0.2) is 11.4 Å². The molecule has 0 aliphatic rings. The summed E-state index contributed by atoms with van der Waals surface area (Å²) in [5.74, 6) is -1.58. The van der Waals surface area contributed by atoms with Crippen LogP contribution >= 0.6 is 68.5 Å². The van der Waals surface area contributed by atoms with Gasteiger partial charge in [0.1, 0.15) is 80.8 Å². The van der Waals surface area contributed by atoms with E-state index in [1.165, 1.54) is 56.3 Å². The molecule has 0 saturated carbocycles. The number of carbonyl (C=O) groups excluding carboxylic acids is 1. The van der Waals surface area contributed by atoms with Crippen LogP contribution in [0.2, 0.25) is 10.0 Å². The fourth-order valence-electron chi connectivity index (χ4n) is 5.70. The van der Waals surface area contributed by atoms with E-state index in [2.05, 4.69) is 33.4 Å². The molecule has 3 aromatic heterocycles. The normalized spacial score (nSPS) is 10.6. The summed E-state index contributed by atoms with van der Waals surface area (Å²) in [7, 11) is 3.84. The molecule has 31 heteroatoms. The Morgan fingerprint density at radius 2 is 1.16 bits per heavy atom. The summed E-state index contributed by atoms with van der Waals surface area (Å²) in [5, 5.41) is 3.46. The van der Waals surface area contributed by atoms with Crippen molar-refractivity contribution in [2.45, 2.75) is 29.8 Å². The van der Waals surface area contributed by atoms with Gasteiger partial charge in [0.25, 0.3) is 19.1 Å². The number of nitrogens with one attached hydrogen (secondary N) is 1. The first-order valence-electron chi connectivity index (χ1n) is 20.7. The number of rotatable bonds is 15. The standard InChI is InChI=1S/C17H14ClF2N3O4S2.C11H13N3O2S.C9H10O2.C6H2Cl2F2O2S.C2H3N3S/c1-26-11-4-3-10(15(5-11)27-2)8-23(17-21-9-22-28-17)29(24,25)16-6-12(18)13(19)7-14(16)20;1-15-9-4-3-8(10(5-9)16-2)6-12-11-13-7-14-17-11;1-7-3-4-8(6-10)9(5-7)11-2;7-3-1-6(13(8,11)12)5(10)2-4(3)9;3-2-4-1-5-6-2/h3-7,9H,8H2,1-2H3;3-5,7H,6H2,1-2H3,(H,12,13,14);3-6H,1-2H3;1-2H;1H,(H2,3,4,5). The minimum Gasteiger partial charge on any atom is -0.497 e. The average molecular weight is 1210 g/mol. The van der Waals surface area contributed by atoms with Gasteiger partial charge in [-0.2, -0.15) is 13.1 Å². The molecule has 0 aliphatic heterocycles. The molecule has 0 fully saturated rings. The van der Waals surface area contributed by atoms with Crippen molar-refractivity contribution >= 4 is 109 Å². The van der Waals surface area contributed by atoms with Crippen molar-refractivity contribution in [1.82, 2.24) is 28.1 Å². The van der Waals surface area contributed by atoms with E-state index in [0.717, 1.165) is 55.9 Å². The van der Waals surface area contributed by atoms with Crippen LogP contribution in [0.4, 0.5) is 33.0 Å². The van der Waals surface area contributed by atoms with Crippen LogP contribution in [0.1, 0.15) is 27.0 Å². The number of sulfonamides is 1. The van der Waals surface area contributed by atoms with E-state index in [4.69, 9.17) is 63.3 Å². The smallest absolute Gasteiger partial charge is 0.269 e. The van der Waals surface area contributed by atoms with Crippen LogP contribution in [0.15, 0.2) is 108 Å². The van der Waals surface area contributed by atoms with Crippen LogP contribution in [0.3, 0.4) is 0 Å². The van der Waals surface area contributed by atoms with E-state index in [1.807, 2.05) is 37.3 Å². The van der Waals surface area contributed by atoms with E-state index >= 15 is 0 Å². The molecule has 3 N–H and O–H groups in total. The van der Waals surface area contributed by atoms with E-state index in [0.29, 0.717) is 58.3 Å². The summed E-state index contributed by atoms with van der Waals surface area (Å²) >= 11 is 14.2. The van der Waals surface area contributed by atoms with Crippen molar-refractivity contribution in [2.75, 3.05) is 50.9 Å². The Labute approximate surface area is 460 Å². The van der Waals surface area contributed by atoms with Gasteiger partial charge in [-0.15, -0.1) is 0 Å². The summed E-state index contributed by atoms with van der Waals surface area (Å²) in [4.78, 5) is 20.4. The topological polar surface area (TPSA) is 250 Å². The number of anilines is 3. The number of aldehydes is 1. The number of nitrogen functional groups attached to an aromatic ring is 1. The van der Waals surface area contributed by atoms with Gasteiger partial charge in [-0.05, 0) is 61.0 Å². The van der Waals surface area contributed by atoms with Gasteiger partial charge in [0.05, 0.1) is 57.7 Å². The van der Waals surface area contributed by atoms with E-state index < -0.39 is 62.2 Å². The maximum absolute atomic E-state index is 14.3. The molecule has 8 aromatic rings. The second-order valence-electron chi connectivity index (χ2n) is 14.2. The highest BCUT2D eigenvalue weighted by Gasteiger charge is 2.32. The summed E-state index contributed by atoms with van der Waals surface area (Å²) in [6.45, 7) is 2.35. The van der Waals surface area contributed by atoms with Crippen LogP contribution in [-0.2, 0) is 32.2 Å². The zero-order valence-corrected chi connectivity index (χ0v) is 46.6. The third-order valence-electron chi connectivity index (χ3n) is 9.33. The lowest BCUT2D eigenvalue weighted by atomic mass is 10.1. The molecule has 0 amide bonds. The summed E-state index contributed by atoms with van der Waals surface area (Å²) in [6.07, 6.45) is 4.91. The highest BCUT2D eigenvalue weighted by atomic mass is 35.7. The van der Waals surface area contributed by atoms with Crippen molar-refractivity contribution in [3.63, 3.8) is 0 Å². The Hall–Kier alpha value is -6.66. The van der Waals surface area contributed by atoms with Crippen LogP contribution in [-0.4, -0.2) is 86.7 Å². The number of methoxy groups -OCH3 is 5. The molecular weight excluding hydrogens is 1170 g/mol. The van der Waals surface area contributed by atoms with Gasteiger partial charge in [-0.3, -0.25) is 4.79 Å². The molecule has 19 nitrogen and oxygen atoms in total. The maximum atomic E-state index is 14.3. The van der Waals surface area contributed by atoms with Crippen molar-refractivity contribution < 1.29 is 62.9 Å². The number of hydrogen-bond donors (Lipinski definition) is 2. The van der Waals surface area contributed by atoms with Crippen LogP contribution in [0.25, 0.3) is 0 Å². The lowest BCUT2D eigenvalue weighted by Gasteiger charge is -2.23. The Balaban J connectivity index is 0.000000225. The first kappa shape index (κ1) is 61.9. The zero-order chi connectivity index (χ0) is 56.2. The number of halogens is 7. The Bertz CT molecular complexity index is 3380. The fraction of sp³-hybridized carbons (Fsp3) is 0.178. The minimum absolute atomic E-state index is 0.0114. The lowest BCUT2D eigenvalue weighted by molar-refractivity contribution is 0.112. The summed E-state index contributed by atoms with van der Waals surface area (Å²) in [6, 6.07) is 18.1. The Kier molecular flexibility index (Phi) is 24.1. The monoisotopic (exact) mass is 1210 g/mol. The zero-order valence-electron chi connectivity index (χ0n) is 40.2. The first-order valence-corrected chi connectivity index (χ1v) is 27.5. The molecule has 0 spiro atoms. The number of nitrogens with two attached hydrogens (primary N) is 1. The Morgan fingerprint density at radius 3 is 1.63 bits per heavy atom. The number of nitrogens with zero attached hydrogens (tertiary/aromatic N) is 7. The molecule has 0 bridgehead atoms. The average Bonchev–Trinajstić information content (AvgIpc) is 4.24. The van der Waals surface area contributed by atoms with E-state index in [-0.39, 0.29) is 11.7 Å². The van der Waals surface area contributed by atoms with E-state index in [9.17, 15) is 39.2 Å². The number of benzene rings is 5. The number of hydrogen-bond acceptors (Lipinski definition) is 21. The van der Waals surface area contributed by atoms with Gasteiger partial charge in [0, 0.05) is 87.2 Å². The number of aromatic nitrogens is 6. The van der Waals surface area contributed by atoms with Gasteiger partial charge in [-0.1, -0.05) is 29.3 Å². The van der Waals surface area contributed by atoms with Crippen molar-refractivity contribution in [3.8, 4) is 28.7 Å². The van der Waals surface area contributed by atoms with Gasteiger partial charge in [0.2, 0.25) is 10.3 Å². The predicted octanol–water partition coefficient (Wildman–Crippen LogP) is 10.5. The molecule has 0 atom stereocenters. The first-order chi connectivity index (χ1) is 36.1. The largest absolute Gasteiger partial charge is 0.497 e. The van der Waals surface area contributed by atoms with E-state index in [1.54, 1.807) is 45.6 Å². The minimum atomic E-state index is -4.50. The maximum Gasteiger partial charge on any atom is 0.269 e. The molecule has 0 unspecified atom stereocenters. The molecule has 406 valence electrons. The van der Waals surface area contributed by atoms with Crippen LogP contribution in [0.5, 0.6) is 28.7 Å². The third-order valence-corrected chi connectivity index (χ3v) is 14.9.